The number of carboxylic acid groups (broad SMARTS) is 1. The molecule has 0 fully saturated rings. The second kappa shape index (κ2) is 3.91. The SMILES string of the molecule is Cc1c(C(=O)CNC(=O)O)cnn1C. The molecule has 0 atom stereocenters. The third-order valence-corrected chi connectivity index (χ3v) is 1.94. The van der Waals surface area contributed by atoms with E-state index < -0.39 is 6.09 Å². The summed E-state index contributed by atoms with van der Waals surface area (Å²) >= 11 is 0. The van der Waals surface area contributed by atoms with Gasteiger partial charge in [-0.1, -0.05) is 0 Å². The van der Waals surface area contributed by atoms with Gasteiger partial charge in [-0.15, -0.1) is 0 Å². The van der Waals surface area contributed by atoms with Gasteiger partial charge >= 0.3 is 6.09 Å². The normalized spacial score (nSPS) is 9.86. The van der Waals surface area contributed by atoms with E-state index in [4.69, 9.17) is 5.11 Å². The van der Waals surface area contributed by atoms with Crippen molar-refractivity contribution in [2.45, 2.75) is 6.92 Å². The van der Waals surface area contributed by atoms with E-state index in [1.165, 1.54) is 6.20 Å². The Morgan fingerprint density at radius 2 is 2.29 bits per heavy atom. The van der Waals surface area contributed by atoms with Gasteiger partial charge in [0.05, 0.1) is 18.3 Å². The highest BCUT2D eigenvalue weighted by molar-refractivity contribution is 5.99. The summed E-state index contributed by atoms with van der Waals surface area (Å²) in [5, 5.41) is 14.2. The summed E-state index contributed by atoms with van der Waals surface area (Å²) in [6.07, 6.45) is 0.223. The van der Waals surface area contributed by atoms with Crippen LogP contribution in [0, 0.1) is 6.92 Å². The molecule has 0 saturated carbocycles. The number of carbonyl (C=O) groups excluding carboxylic acids is 1. The largest absolute Gasteiger partial charge is 0.465 e. The van der Waals surface area contributed by atoms with Crippen molar-refractivity contribution in [3.63, 3.8) is 0 Å². The van der Waals surface area contributed by atoms with Gasteiger partial charge in [-0.2, -0.15) is 5.10 Å². The molecule has 2 N–H and O–H groups in total. The molecule has 1 aromatic heterocycles. The Morgan fingerprint density at radius 3 is 2.71 bits per heavy atom. The van der Waals surface area contributed by atoms with Crippen LogP contribution in [-0.2, 0) is 7.05 Å². The van der Waals surface area contributed by atoms with E-state index >= 15 is 0 Å². The number of amides is 1. The summed E-state index contributed by atoms with van der Waals surface area (Å²) in [7, 11) is 1.72. The molecule has 1 rings (SSSR count). The van der Waals surface area contributed by atoms with Crippen LogP contribution in [0.4, 0.5) is 4.79 Å². The second-order valence-corrected chi connectivity index (χ2v) is 2.85. The van der Waals surface area contributed by atoms with Crippen LogP contribution in [0.5, 0.6) is 0 Å². The molecular formula is C8H11N3O3. The Kier molecular flexibility index (Phi) is 2.85. The highest BCUT2D eigenvalue weighted by atomic mass is 16.4. The summed E-state index contributed by atoms with van der Waals surface area (Å²) in [4.78, 5) is 21.5. The molecular weight excluding hydrogens is 186 g/mol. The fraction of sp³-hybridized carbons (Fsp3) is 0.375. The van der Waals surface area contributed by atoms with Gasteiger partial charge in [-0.05, 0) is 6.92 Å². The van der Waals surface area contributed by atoms with Crippen molar-refractivity contribution in [3.05, 3.63) is 17.5 Å². The zero-order valence-electron chi connectivity index (χ0n) is 7.94. The lowest BCUT2D eigenvalue weighted by atomic mass is 10.2. The van der Waals surface area contributed by atoms with E-state index in [1.54, 1.807) is 18.7 Å². The van der Waals surface area contributed by atoms with Gasteiger partial charge in [0.2, 0.25) is 0 Å². The minimum Gasteiger partial charge on any atom is -0.465 e. The Labute approximate surface area is 80.5 Å². The van der Waals surface area contributed by atoms with E-state index in [2.05, 4.69) is 5.10 Å². The topological polar surface area (TPSA) is 84.2 Å². The zero-order chi connectivity index (χ0) is 10.7. The fourth-order valence-electron chi connectivity index (χ4n) is 1.02. The van der Waals surface area contributed by atoms with Gasteiger partial charge in [0.25, 0.3) is 0 Å². The molecule has 1 aromatic rings. The van der Waals surface area contributed by atoms with Crippen LogP contribution in [0.2, 0.25) is 0 Å². The van der Waals surface area contributed by atoms with E-state index in [0.717, 1.165) is 5.69 Å². The molecule has 6 nitrogen and oxygen atoms in total. The fourth-order valence-corrected chi connectivity index (χ4v) is 1.02. The summed E-state index contributed by atoms with van der Waals surface area (Å²) in [5.74, 6) is -0.280. The first-order chi connectivity index (χ1) is 6.52. The van der Waals surface area contributed by atoms with Crippen molar-refractivity contribution in [2.75, 3.05) is 6.54 Å². The molecule has 76 valence electrons. The first-order valence-corrected chi connectivity index (χ1v) is 4.01. The van der Waals surface area contributed by atoms with Crippen molar-refractivity contribution < 1.29 is 14.7 Å². The van der Waals surface area contributed by atoms with E-state index in [1.807, 2.05) is 5.32 Å². The van der Waals surface area contributed by atoms with Crippen LogP contribution in [0.1, 0.15) is 16.1 Å². The molecule has 0 aliphatic carbocycles. The molecule has 6 heteroatoms. The maximum Gasteiger partial charge on any atom is 0.405 e. The minimum atomic E-state index is -1.21. The molecule has 0 saturated heterocycles. The predicted octanol–water partition coefficient (Wildman–Crippen LogP) is 0.179. The van der Waals surface area contributed by atoms with Gasteiger partial charge in [0.15, 0.2) is 5.78 Å². The smallest absolute Gasteiger partial charge is 0.405 e. The highest BCUT2D eigenvalue weighted by Gasteiger charge is 2.12. The van der Waals surface area contributed by atoms with Crippen LogP contribution >= 0.6 is 0 Å². The monoisotopic (exact) mass is 197 g/mol. The standard InChI is InChI=1S/C8H11N3O3/c1-5-6(3-10-11(5)2)7(12)4-9-8(13)14/h3,9H,4H2,1-2H3,(H,13,14). The Bertz CT molecular complexity index is 370. The molecule has 0 bridgehead atoms. The maximum atomic E-state index is 11.4. The van der Waals surface area contributed by atoms with Gasteiger partial charge in [0.1, 0.15) is 0 Å². The number of aromatic nitrogens is 2. The lowest BCUT2D eigenvalue weighted by Crippen LogP contribution is -2.28. The second-order valence-electron chi connectivity index (χ2n) is 2.85. The highest BCUT2D eigenvalue weighted by Crippen LogP contribution is 2.05. The van der Waals surface area contributed by atoms with Gasteiger partial charge in [0, 0.05) is 12.7 Å². The number of ketones is 1. The maximum absolute atomic E-state index is 11.4. The van der Waals surface area contributed by atoms with Crippen molar-refractivity contribution in [1.29, 1.82) is 0 Å². The number of hydrogen-bond donors (Lipinski definition) is 2. The number of hydrogen-bond acceptors (Lipinski definition) is 3. The third-order valence-electron chi connectivity index (χ3n) is 1.94. The van der Waals surface area contributed by atoms with E-state index in [9.17, 15) is 9.59 Å². The van der Waals surface area contributed by atoms with Crippen molar-refractivity contribution in [3.8, 4) is 0 Å². The predicted molar refractivity (Wildman–Crippen MR) is 48.3 cm³/mol. The van der Waals surface area contributed by atoms with Gasteiger partial charge < -0.3 is 10.4 Å². The number of nitrogens with zero attached hydrogens (tertiary/aromatic N) is 2. The number of carbonyl (C=O) groups is 2. The molecule has 1 heterocycles. The summed E-state index contributed by atoms with van der Waals surface area (Å²) in [5.41, 5.74) is 1.17. The van der Waals surface area contributed by atoms with Crippen molar-refractivity contribution in [2.24, 2.45) is 7.05 Å². The summed E-state index contributed by atoms with van der Waals surface area (Å²) in [6, 6.07) is 0. The number of Topliss-reactive ketones (excluding diaryl/α,β-unsaturated/α-hetero) is 1. The van der Waals surface area contributed by atoms with Gasteiger partial charge in [-0.3, -0.25) is 9.48 Å². The molecule has 0 aliphatic rings. The molecule has 14 heavy (non-hydrogen) atoms. The summed E-state index contributed by atoms with van der Waals surface area (Å²) < 4.78 is 1.56. The van der Waals surface area contributed by atoms with Crippen molar-refractivity contribution >= 4 is 11.9 Å². The lowest BCUT2D eigenvalue weighted by molar-refractivity contribution is 0.0986. The Balaban J connectivity index is 2.70. The molecule has 0 radical (unpaired) electrons. The average molecular weight is 197 g/mol. The third kappa shape index (κ3) is 2.09. The quantitative estimate of drug-likeness (QED) is 0.677. The van der Waals surface area contributed by atoms with E-state index in [-0.39, 0.29) is 12.3 Å². The Morgan fingerprint density at radius 1 is 1.64 bits per heavy atom. The lowest BCUT2D eigenvalue weighted by Gasteiger charge is -2.00. The minimum absolute atomic E-state index is 0.220. The van der Waals surface area contributed by atoms with Crippen LogP contribution in [-0.4, -0.2) is 33.3 Å². The van der Waals surface area contributed by atoms with Crippen LogP contribution in [0.3, 0.4) is 0 Å². The van der Waals surface area contributed by atoms with Crippen molar-refractivity contribution in [1.82, 2.24) is 15.1 Å². The Hall–Kier alpha value is -1.85. The van der Waals surface area contributed by atoms with Crippen LogP contribution < -0.4 is 5.32 Å². The number of aryl methyl sites for hydroxylation is 1. The molecule has 0 aromatic carbocycles. The zero-order valence-corrected chi connectivity index (χ0v) is 7.94. The van der Waals surface area contributed by atoms with E-state index in [0.29, 0.717) is 5.56 Å². The summed E-state index contributed by atoms with van der Waals surface area (Å²) in [6.45, 7) is 1.53. The number of nitrogens with one attached hydrogen (secondary N) is 1. The molecule has 0 spiro atoms. The van der Waals surface area contributed by atoms with Crippen LogP contribution in [0.25, 0.3) is 0 Å². The molecule has 1 amide bonds. The van der Waals surface area contributed by atoms with Gasteiger partial charge in [-0.25, -0.2) is 4.79 Å². The molecule has 0 aliphatic heterocycles. The number of rotatable bonds is 3. The van der Waals surface area contributed by atoms with Crippen LogP contribution in [0.15, 0.2) is 6.20 Å². The molecule has 0 unspecified atom stereocenters. The average Bonchev–Trinajstić information content (AvgIpc) is 2.44. The first kappa shape index (κ1) is 10.2. The first-order valence-electron chi connectivity index (χ1n) is 4.01.